The summed E-state index contributed by atoms with van der Waals surface area (Å²) in [7, 11) is -10.8. The van der Waals surface area contributed by atoms with Crippen LogP contribution in [-0.2, 0) is 36.8 Å². The third-order valence-electron chi connectivity index (χ3n) is 7.00. The smallest absolute Gasteiger partial charge is 0.481 e. The zero-order valence-corrected chi connectivity index (χ0v) is 24.0. The molecule has 0 saturated carbocycles. The maximum Gasteiger partial charge on any atom is 0.481 e. The van der Waals surface area contributed by atoms with Crippen molar-refractivity contribution in [3.8, 4) is 0 Å². The quantitative estimate of drug-likeness (QED) is 0.104. The third-order valence-corrected chi connectivity index (χ3v) is 9.60. The van der Waals surface area contributed by atoms with Gasteiger partial charge in [0, 0.05) is 5.57 Å². The average molecular weight is 666 g/mol. The van der Waals surface area contributed by atoms with Crippen LogP contribution in [0.1, 0.15) is 6.23 Å². The number of carbonyl (C=O) groups is 1. The number of carboxylic acids is 1. The highest BCUT2D eigenvalue weighted by Crippen LogP contribution is 2.60. The highest BCUT2D eigenvalue weighted by atomic mass is 31.3. The number of imidazole rings is 1. The van der Waals surface area contributed by atoms with Gasteiger partial charge in [0.1, 0.15) is 48.9 Å². The minimum atomic E-state index is -5.38. The molecule has 2 saturated heterocycles. The molecular weight excluding hydrogens is 638 g/mol. The van der Waals surface area contributed by atoms with Gasteiger partial charge in [-0.1, -0.05) is 0 Å². The Labute approximate surface area is 246 Å². The summed E-state index contributed by atoms with van der Waals surface area (Å²) in [6.07, 6.45) is -5.35. The number of aromatic nitrogens is 4. The standard InChI is InChI=1S/C21H28N6O15P2/c22-17-12-18(24-7-23-17)27(8-25-12)20-16(31)14(29)11(41-20)6-39-44(36,37)42-43(34,35)38-5-10-13(28)15(30)19(40-10)26-3-1-2-9(4-26)21(32)33/h1-3,7-8,10-11,13-16,19-20,28-31H,4-6H2,(H,32,33)(H,34,35)(H,36,37)(H2,22,23,24). The zero-order valence-electron chi connectivity index (χ0n) is 22.2. The van der Waals surface area contributed by atoms with Crippen LogP contribution in [0.4, 0.5) is 5.82 Å². The molecule has 44 heavy (non-hydrogen) atoms. The molecule has 0 aromatic carbocycles. The maximum absolute atomic E-state index is 12.4. The molecule has 5 heterocycles. The van der Waals surface area contributed by atoms with Gasteiger partial charge >= 0.3 is 15.6 Å². The van der Waals surface area contributed by atoms with Crippen LogP contribution >= 0.6 is 15.6 Å². The first-order valence-corrected chi connectivity index (χ1v) is 15.7. The Morgan fingerprint density at radius 1 is 1.02 bits per heavy atom. The zero-order chi connectivity index (χ0) is 32.0. The van der Waals surface area contributed by atoms with Gasteiger partial charge in [-0.15, -0.1) is 0 Å². The SMILES string of the molecule is Nc1ncnc2c1ncn2C1OC(COP(=O)(O)OP(=O)(O)OCC2OC([NH+]3C=CC=C(C(=O)[O-])C3)C(O)C2O)C(O)C1O. The Morgan fingerprint density at radius 2 is 1.66 bits per heavy atom. The number of aliphatic hydroxyl groups excluding tert-OH is 4. The van der Waals surface area contributed by atoms with E-state index in [0.717, 1.165) is 6.33 Å². The summed E-state index contributed by atoms with van der Waals surface area (Å²) >= 11 is 0. The number of fused-ring (bicyclic) bond motifs is 1. The lowest BCUT2D eigenvalue weighted by Gasteiger charge is -2.26. The Morgan fingerprint density at radius 3 is 2.32 bits per heavy atom. The molecule has 11 atom stereocenters. The van der Waals surface area contributed by atoms with Crippen molar-refractivity contribution in [2.24, 2.45) is 0 Å². The van der Waals surface area contributed by atoms with Crippen LogP contribution in [0.3, 0.4) is 0 Å². The van der Waals surface area contributed by atoms with E-state index in [0.29, 0.717) is 0 Å². The number of aliphatic hydroxyl groups is 4. The molecule has 242 valence electrons. The third kappa shape index (κ3) is 6.76. The molecule has 3 aliphatic heterocycles. The van der Waals surface area contributed by atoms with Gasteiger partial charge in [0.2, 0.25) is 6.23 Å². The van der Waals surface area contributed by atoms with Crippen LogP contribution in [0.5, 0.6) is 0 Å². The van der Waals surface area contributed by atoms with E-state index in [1.54, 1.807) is 0 Å². The molecule has 23 heteroatoms. The van der Waals surface area contributed by atoms with Crippen LogP contribution in [0.2, 0.25) is 0 Å². The number of nitrogens with two attached hydrogens (primary N) is 1. The molecule has 2 fully saturated rings. The summed E-state index contributed by atoms with van der Waals surface area (Å²) in [6.45, 7) is -1.97. The number of quaternary nitrogens is 1. The second-order valence-electron chi connectivity index (χ2n) is 9.91. The van der Waals surface area contributed by atoms with Crippen molar-refractivity contribution in [3.63, 3.8) is 0 Å². The van der Waals surface area contributed by atoms with Crippen molar-refractivity contribution in [3.05, 3.63) is 36.6 Å². The van der Waals surface area contributed by atoms with E-state index < -0.39 is 83.9 Å². The number of rotatable bonds is 11. The summed E-state index contributed by atoms with van der Waals surface area (Å²) in [5.41, 5.74) is 5.99. The number of aliphatic carboxylic acids is 1. The van der Waals surface area contributed by atoms with E-state index in [9.17, 15) is 49.2 Å². The molecule has 0 amide bonds. The van der Waals surface area contributed by atoms with Gasteiger partial charge in [-0.2, -0.15) is 4.31 Å². The Hall–Kier alpha value is -2.72. The van der Waals surface area contributed by atoms with E-state index >= 15 is 0 Å². The van der Waals surface area contributed by atoms with Crippen LogP contribution in [0.25, 0.3) is 11.2 Å². The fourth-order valence-corrected chi connectivity index (χ4v) is 6.91. The van der Waals surface area contributed by atoms with E-state index in [1.165, 1.54) is 29.2 Å². The number of phosphoric acid groups is 2. The summed E-state index contributed by atoms with van der Waals surface area (Å²) in [5.74, 6) is -1.39. The number of phosphoric ester groups is 2. The summed E-state index contributed by atoms with van der Waals surface area (Å²) in [5, 5.41) is 52.7. The molecule has 0 aliphatic carbocycles. The van der Waals surface area contributed by atoms with Crippen molar-refractivity contribution in [1.29, 1.82) is 0 Å². The van der Waals surface area contributed by atoms with Gasteiger partial charge in [-0.25, -0.2) is 24.1 Å². The van der Waals surface area contributed by atoms with Crippen molar-refractivity contribution in [2.75, 3.05) is 25.5 Å². The van der Waals surface area contributed by atoms with E-state index in [1.807, 2.05) is 0 Å². The van der Waals surface area contributed by atoms with Gasteiger partial charge in [0.15, 0.2) is 23.8 Å². The van der Waals surface area contributed by atoms with Crippen LogP contribution in [0, 0.1) is 0 Å². The molecule has 9 N–H and O–H groups in total. The first-order valence-electron chi connectivity index (χ1n) is 12.7. The fraction of sp³-hybridized carbons (Fsp3) is 0.524. The largest absolute Gasteiger partial charge is 0.545 e. The number of ether oxygens (including phenoxy) is 2. The molecular formula is C21H28N6O15P2. The first-order chi connectivity index (χ1) is 20.7. The number of nitrogens with zero attached hydrogens (tertiary/aromatic N) is 4. The topological polar surface area (TPSA) is 316 Å². The molecule has 2 aromatic heterocycles. The van der Waals surface area contributed by atoms with Crippen molar-refractivity contribution in [1.82, 2.24) is 19.5 Å². The number of anilines is 1. The molecule has 11 unspecified atom stereocenters. The van der Waals surface area contributed by atoms with E-state index in [-0.39, 0.29) is 34.0 Å². The first kappa shape index (κ1) is 32.7. The second kappa shape index (κ2) is 12.6. The Kier molecular flexibility index (Phi) is 9.34. The highest BCUT2D eigenvalue weighted by molar-refractivity contribution is 7.61. The number of hydrogen-bond acceptors (Lipinski definition) is 17. The number of carboxylic acid groups (broad SMARTS) is 1. The molecule has 5 rings (SSSR count). The van der Waals surface area contributed by atoms with Gasteiger partial charge in [-0.3, -0.25) is 18.5 Å². The maximum atomic E-state index is 12.4. The van der Waals surface area contributed by atoms with Gasteiger partial charge in [0.05, 0.1) is 31.7 Å². The molecule has 21 nitrogen and oxygen atoms in total. The molecule has 0 bridgehead atoms. The Balaban J connectivity index is 1.14. The Bertz CT molecular complexity index is 1550. The number of carbonyl (C=O) groups excluding carboxylic acids is 1. The van der Waals surface area contributed by atoms with Crippen molar-refractivity contribution < 1.29 is 77.0 Å². The lowest BCUT2D eigenvalue weighted by atomic mass is 10.1. The minimum absolute atomic E-state index is 0.0467. The molecule has 0 spiro atoms. The average Bonchev–Trinajstić information content (AvgIpc) is 3.61. The number of nitrogens with one attached hydrogen (secondary N) is 1. The predicted molar refractivity (Wildman–Crippen MR) is 137 cm³/mol. The minimum Gasteiger partial charge on any atom is -0.545 e. The van der Waals surface area contributed by atoms with Crippen molar-refractivity contribution in [2.45, 2.75) is 49.1 Å². The predicted octanol–water partition coefficient (Wildman–Crippen LogP) is -5.19. The van der Waals surface area contributed by atoms with E-state index in [2.05, 4.69) is 23.8 Å². The fourth-order valence-electron chi connectivity index (χ4n) is 4.82. The number of hydrogen-bond donors (Lipinski definition) is 8. The summed E-state index contributed by atoms with van der Waals surface area (Å²) < 4.78 is 50.7. The number of nitrogen functional groups attached to an aromatic ring is 1. The number of allylic oxidation sites excluding steroid dienone is 2. The highest BCUT2D eigenvalue weighted by Gasteiger charge is 2.50. The van der Waals surface area contributed by atoms with Crippen LogP contribution < -0.4 is 15.7 Å². The summed E-state index contributed by atoms with van der Waals surface area (Å²) in [6, 6.07) is 0. The molecule has 2 aromatic rings. The van der Waals surface area contributed by atoms with Gasteiger partial charge in [0.25, 0.3) is 0 Å². The summed E-state index contributed by atoms with van der Waals surface area (Å²) in [4.78, 5) is 43.3. The van der Waals surface area contributed by atoms with Crippen LogP contribution in [0.15, 0.2) is 36.6 Å². The molecule has 0 radical (unpaired) electrons. The van der Waals surface area contributed by atoms with Gasteiger partial charge in [-0.05, 0) is 12.2 Å². The van der Waals surface area contributed by atoms with Crippen molar-refractivity contribution >= 4 is 38.6 Å². The normalized spacial score (nSPS) is 35.0. The lowest BCUT2D eigenvalue weighted by Crippen LogP contribution is -3.13. The second-order valence-corrected chi connectivity index (χ2v) is 12.9. The molecule has 3 aliphatic rings. The lowest BCUT2D eigenvalue weighted by molar-refractivity contribution is -0.898. The van der Waals surface area contributed by atoms with Crippen LogP contribution in [-0.4, -0.2) is 118 Å². The van der Waals surface area contributed by atoms with E-state index in [4.69, 9.17) is 19.7 Å². The van der Waals surface area contributed by atoms with Gasteiger partial charge < -0.3 is 55.3 Å². The monoisotopic (exact) mass is 666 g/mol.